The Labute approximate surface area is 178 Å². The third kappa shape index (κ3) is 3.77. The summed E-state index contributed by atoms with van der Waals surface area (Å²) in [4.78, 5) is 43.2. The lowest BCUT2D eigenvalue weighted by molar-refractivity contribution is -0.116. The lowest BCUT2D eigenvalue weighted by atomic mass is 9.91. The van der Waals surface area contributed by atoms with E-state index in [1.54, 1.807) is 31.4 Å². The molecule has 0 spiro atoms. The van der Waals surface area contributed by atoms with Gasteiger partial charge in [-0.05, 0) is 30.7 Å². The summed E-state index contributed by atoms with van der Waals surface area (Å²) in [7, 11) is 1.54. The van der Waals surface area contributed by atoms with E-state index in [0.717, 1.165) is 0 Å². The first kappa shape index (κ1) is 20.3. The minimum atomic E-state index is -0.804. The normalized spacial score (nSPS) is 13.9. The smallest absolute Gasteiger partial charge is 0.269 e. The maximum absolute atomic E-state index is 13.5. The highest BCUT2D eigenvalue weighted by Gasteiger charge is 2.30. The van der Waals surface area contributed by atoms with Gasteiger partial charge in [0.15, 0.2) is 5.78 Å². The average molecular weight is 416 g/mol. The van der Waals surface area contributed by atoms with Crippen molar-refractivity contribution in [3.05, 3.63) is 88.0 Å². The molecule has 3 aromatic rings. The van der Waals surface area contributed by atoms with E-state index in [9.17, 15) is 19.5 Å². The van der Waals surface area contributed by atoms with Crippen molar-refractivity contribution in [2.24, 2.45) is 0 Å². The predicted octanol–water partition coefficient (Wildman–Crippen LogP) is 3.66. The number of aliphatic hydroxyl groups excluding tert-OH is 1. The molecule has 0 atom stereocenters. The topological polar surface area (TPSA) is 98.5 Å². The Kier molecular flexibility index (Phi) is 5.49. The zero-order valence-corrected chi connectivity index (χ0v) is 16.9. The predicted molar refractivity (Wildman–Crippen MR) is 115 cm³/mol. The molecule has 0 amide bonds. The molecule has 7 nitrogen and oxygen atoms in total. The van der Waals surface area contributed by atoms with Crippen molar-refractivity contribution in [3.8, 4) is 22.8 Å². The van der Waals surface area contributed by atoms with E-state index >= 15 is 0 Å². The summed E-state index contributed by atoms with van der Waals surface area (Å²) in [6, 6.07) is 15.9. The molecular weight excluding hydrogens is 396 g/mol. The highest BCUT2D eigenvalue weighted by Crippen LogP contribution is 2.25. The highest BCUT2D eigenvalue weighted by molar-refractivity contribution is 6.26. The summed E-state index contributed by atoms with van der Waals surface area (Å²) in [6.45, 7) is 0. The number of allylic oxidation sites excluding steroid dienone is 2. The molecule has 1 aliphatic carbocycles. The minimum absolute atomic E-state index is 0.160. The molecule has 0 saturated heterocycles. The van der Waals surface area contributed by atoms with Crippen LogP contribution in [0.2, 0.25) is 0 Å². The molecule has 0 saturated carbocycles. The second-order valence-electron chi connectivity index (χ2n) is 7.13. The molecule has 0 aliphatic heterocycles. The minimum Gasteiger partial charge on any atom is -0.511 e. The number of carbonyl (C=O) groups excluding carboxylic acids is 2. The van der Waals surface area contributed by atoms with E-state index in [2.05, 4.69) is 4.98 Å². The van der Waals surface area contributed by atoms with Gasteiger partial charge >= 0.3 is 0 Å². The number of aliphatic hydroxyl groups is 1. The van der Waals surface area contributed by atoms with Crippen LogP contribution < -0.4 is 10.3 Å². The molecule has 0 fully saturated rings. The fourth-order valence-corrected chi connectivity index (χ4v) is 3.59. The number of nitrogens with zero attached hydrogens (tertiary/aromatic N) is 2. The number of aromatic nitrogens is 2. The molecule has 1 N–H and O–H groups in total. The van der Waals surface area contributed by atoms with Crippen LogP contribution in [0.5, 0.6) is 5.75 Å². The maximum Gasteiger partial charge on any atom is 0.269 e. The molecular formula is C24H20N2O5. The third-order valence-electron chi connectivity index (χ3n) is 5.18. The van der Waals surface area contributed by atoms with E-state index in [0.29, 0.717) is 29.2 Å². The van der Waals surface area contributed by atoms with Crippen molar-refractivity contribution in [1.82, 2.24) is 9.55 Å². The van der Waals surface area contributed by atoms with Gasteiger partial charge in [0, 0.05) is 24.6 Å². The molecule has 156 valence electrons. The number of hydrogen-bond donors (Lipinski definition) is 1. The summed E-state index contributed by atoms with van der Waals surface area (Å²) in [5.74, 6) is -0.580. The summed E-state index contributed by atoms with van der Waals surface area (Å²) in [6.07, 6.45) is 2.04. The fraction of sp³-hybridized carbons (Fsp3) is 0.167. The molecule has 0 unspecified atom stereocenters. The number of benzene rings is 2. The van der Waals surface area contributed by atoms with Gasteiger partial charge in [0.2, 0.25) is 5.78 Å². The van der Waals surface area contributed by atoms with Crippen LogP contribution in [0.25, 0.3) is 17.1 Å². The van der Waals surface area contributed by atoms with Crippen molar-refractivity contribution in [2.75, 3.05) is 7.11 Å². The molecule has 1 heterocycles. The number of hydrogen-bond acceptors (Lipinski definition) is 6. The van der Waals surface area contributed by atoms with Gasteiger partial charge in [-0.2, -0.15) is 0 Å². The standard InChI is InChI=1S/C24H20N2O5/c1-31-17-12-10-16(11-13-17)26-23(15-6-3-2-4-7-15)25-14-18(24(26)30)22(29)21-19(27)8-5-9-20(21)28/h2-4,6-7,10-14,27H,5,8-9H2,1H3. The van der Waals surface area contributed by atoms with E-state index < -0.39 is 17.1 Å². The first-order valence-electron chi connectivity index (χ1n) is 9.83. The fourth-order valence-electron chi connectivity index (χ4n) is 3.59. The quantitative estimate of drug-likeness (QED) is 0.504. The van der Waals surface area contributed by atoms with E-state index in [1.165, 1.54) is 10.8 Å². The van der Waals surface area contributed by atoms with E-state index in [4.69, 9.17) is 4.74 Å². The summed E-state index contributed by atoms with van der Waals surface area (Å²) in [5, 5.41) is 10.1. The molecule has 1 aliphatic rings. The van der Waals surface area contributed by atoms with E-state index in [1.807, 2.05) is 30.3 Å². The van der Waals surface area contributed by atoms with Crippen LogP contribution in [0.15, 0.2) is 76.9 Å². The second-order valence-corrected chi connectivity index (χ2v) is 7.13. The van der Waals surface area contributed by atoms with Gasteiger partial charge in [0.1, 0.15) is 28.5 Å². The molecule has 2 aromatic carbocycles. The van der Waals surface area contributed by atoms with Gasteiger partial charge in [0.05, 0.1) is 12.8 Å². The number of rotatable bonds is 5. The van der Waals surface area contributed by atoms with Gasteiger partial charge in [-0.3, -0.25) is 19.0 Å². The lowest BCUT2D eigenvalue weighted by Gasteiger charge is -2.16. The van der Waals surface area contributed by atoms with Gasteiger partial charge in [0.25, 0.3) is 5.56 Å². The Hall–Kier alpha value is -4.00. The first-order valence-corrected chi connectivity index (χ1v) is 9.83. The van der Waals surface area contributed by atoms with Crippen LogP contribution in [-0.2, 0) is 4.79 Å². The Morgan fingerprint density at radius 1 is 1.03 bits per heavy atom. The van der Waals surface area contributed by atoms with Gasteiger partial charge in [-0.1, -0.05) is 30.3 Å². The van der Waals surface area contributed by atoms with Gasteiger partial charge < -0.3 is 9.84 Å². The van der Waals surface area contributed by atoms with Crippen LogP contribution in [0, 0.1) is 0 Å². The van der Waals surface area contributed by atoms with Crippen LogP contribution in [-0.4, -0.2) is 33.3 Å². The Morgan fingerprint density at radius 3 is 2.39 bits per heavy atom. The van der Waals surface area contributed by atoms with Crippen LogP contribution in [0.4, 0.5) is 0 Å². The van der Waals surface area contributed by atoms with Crippen LogP contribution >= 0.6 is 0 Å². The van der Waals surface area contributed by atoms with Crippen LogP contribution in [0.3, 0.4) is 0 Å². The molecule has 7 heteroatoms. The first-order chi connectivity index (χ1) is 15.0. The molecule has 31 heavy (non-hydrogen) atoms. The maximum atomic E-state index is 13.5. The zero-order valence-electron chi connectivity index (χ0n) is 16.9. The monoisotopic (exact) mass is 416 g/mol. The number of Topliss-reactive ketones (excluding diaryl/α,β-unsaturated/α-hetero) is 2. The second kappa shape index (κ2) is 8.39. The average Bonchev–Trinajstić information content (AvgIpc) is 2.79. The van der Waals surface area contributed by atoms with Crippen molar-refractivity contribution >= 4 is 11.6 Å². The summed E-state index contributed by atoms with van der Waals surface area (Å²) >= 11 is 0. The van der Waals surface area contributed by atoms with Crippen molar-refractivity contribution in [3.63, 3.8) is 0 Å². The molecule has 0 bridgehead atoms. The number of ketones is 2. The highest BCUT2D eigenvalue weighted by atomic mass is 16.5. The van der Waals surface area contributed by atoms with Crippen LogP contribution in [0.1, 0.15) is 29.6 Å². The Bertz CT molecular complexity index is 1240. The third-order valence-corrected chi connectivity index (χ3v) is 5.18. The zero-order chi connectivity index (χ0) is 22.0. The van der Waals surface area contributed by atoms with Gasteiger partial charge in [-0.25, -0.2) is 4.98 Å². The summed E-state index contributed by atoms with van der Waals surface area (Å²) < 4.78 is 6.51. The van der Waals surface area contributed by atoms with E-state index in [-0.39, 0.29) is 29.7 Å². The number of carbonyl (C=O) groups is 2. The molecule has 0 radical (unpaired) electrons. The van der Waals surface area contributed by atoms with Crippen molar-refractivity contribution in [2.45, 2.75) is 19.3 Å². The lowest BCUT2D eigenvalue weighted by Crippen LogP contribution is -2.30. The van der Waals surface area contributed by atoms with Gasteiger partial charge in [-0.15, -0.1) is 0 Å². The molecule has 1 aromatic heterocycles. The largest absolute Gasteiger partial charge is 0.511 e. The van der Waals surface area contributed by atoms with Crippen molar-refractivity contribution < 1.29 is 19.4 Å². The Morgan fingerprint density at radius 2 is 1.74 bits per heavy atom. The molecule has 4 rings (SSSR count). The SMILES string of the molecule is COc1ccc(-n2c(-c3ccccc3)ncc(C(=O)C3=C(O)CCCC3=O)c2=O)cc1. The van der Waals surface area contributed by atoms with Crippen molar-refractivity contribution in [1.29, 1.82) is 0 Å². The number of ether oxygens (including phenoxy) is 1. The number of methoxy groups -OCH3 is 1. The Balaban J connectivity index is 1.93. The summed E-state index contributed by atoms with van der Waals surface area (Å²) in [5.41, 5.74) is -0.0425.